The van der Waals surface area contributed by atoms with E-state index in [2.05, 4.69) is 6.92 Å². The molecule has 1 aromatic rings. The molecule has 1 aromatic heterocycles. The first kappa shape index (κ1) is 7.37. The van der Waals surface area contributed by atoms with Crippen LogP contribution in [0.15, 0.2) is 15.7 Å². The van der Waals surface area contributed by atoms with Crippen molar-refractivity contribution in [1.82, 2.24) is 0 Å². The molecule has 2 heterocycles. The van der Waals surface area contributed by atoms with Gasteiger partial charge in [0.25, 0.3) is 0 Å². The minimum Gasteiger partial charge on any atom is -0.294 e. The molecule has 11 heavy (non-hydrogen) atoms. The zero-order valence-electron chi connectivity index (χ0n) is 6.16. The quantitative estimate of drug-likeness (QED) is 0.616. The smallest absolute Gasteiger partial charge is 0.165 e. The fourth-order valence-corrected chi connectivity index (χ4v) is 3.62. The van der Waals surface area contributed by atoms with Crippen LogP contribution in [0.25, 0.3) is 0 Å². The SMILES string of the molecule is C[C@H]1CC(=O)c2ccsc2S1. The van der Waals surface area contributed by atoms with Crippen molar-refractivity contribution < 1.29 is 4.79 Å². The van der Waals surface area contributed by atoms with Crippen molar-refractivity contribution in [2.24, 2.45) is 0 Å². The summed E-state index contributed by atoms with van der Waals surface area (Å²) in [4.78, 5) is 11.4. The average molecular weight is 184 g/mol. The molecule has 0 saturated carbocycles. The van der Waals surface area contributed by atoms with Crippen LogP contribution in [-0.4, -0.2) is 11.0 Å². The standard InChI is InChI=1S/C8H8OS2/c1-5-4-7(9)6-2-3-10-8(6)11-5/h2-3,5H,4H2,1H3/t5-/m0/s1. The summed E-state index contributed by atoms with van der Waals surface area (Å²) < 4.78 is 1.20. The highest BCUT2D eigenvalue weighted by Crippen LogP contribution is 2.38. The van der Waals surface area contributed by atoms with Crippen molar-refractivity contribution in [2.45, 2.75) is 22.8 Å². The number of fused-ring (bicyclic) bond motifs is 1. The highest BCUT2D eigenvalue weighted by molar-refractivity contribution is 8.01. The summed E-state index contributed by atoms with van der Waals surface area (Å²) >= 11 is 3.49. The Morgan fingerprint density at radius 2 is 2.45 bits per heavy atom. The Morgan fingerprint density at radius 1 is 1.64 bits per heavy atom. The van der Waals surface area contributed by atoms with E-state index in [-0.39, 0.29) is 0 Å². The predicted molar refractivity (Wildman–Crippen MR) is 48.6 cm³/mol. The number of thiophene rings is 1. The van der Waals surface area contributed by atoms with Crippen LogP contribution in [0.4, 0.5) is 0 Å². The Hall–Kier alpha value is -0.280. The third kappa shape index (κ3) is 1.23. The van der Waals surface area contributed by atoms with Crippen molar-refractivity contribution in [3.05, 3.63) is 17.0 Å². The summed E-state index contributed by atoms with van der Waals surface area (Å²) in [5.41, 5.74) is 0.943. The van der Waals surface area contributed by atoms with Gasteiger partial charge in [0.2, 0.25) is 0 Å². The van der Waals surface area contributed by atoms with E-state index in [0.29, 0.717) is 17.5 Å². The fraction of sp³-hybridized carbons (Fsp3) is 0.375. The number of hydrogen-bond donors (Lipinski definition) is 0. The van der Waals surface area contributed by atoms with Gasteiger partial charge in [0.05, 0.1) is 4.21 Å². The Bertz CT molecular complexity index is 290. The molecule has 0 N–H and O–H groups in total. The zero-order valence-corrected chi connectivity index (χ0v) is 7.80. The van der Waals surface area contributed by atoms with E-state index in [9.17, 15) is 4.79 Å². The molecule has 0 radical (unpaired) electrons. The number of ketones is 1. The van der Waals surface area contributed by atoms with Crippen LogP contribution in [-0.2, 0) is 0 Å². The molecule has 0 amide bonds. The van der Waals surface area contributed by atoms with Gasteiger partial charge in [-0.1, -0.05) is 6.92 Å². The van der Waals surface area contributed by atoms with E-state index in [0.717, 1.165) is 5.56 Å². The lowest BCUT2D eigenvalue weighted by molar-refractivity contribution is 0.0979. The van der Waals surface area contributed by atoms with Crippen molar-refractivity contribution in [1.29, 1.82) is 0 Å². The van der Waals surface area contributed by atoms with Crippen LogP contribution >= 0.6 is 23.1 Å². The van der Waals surface area contributed by atoms with Crippen LogP contribution in [0.2, 0.25) is 0 Å². The number of carbonyl (C=O) groups is 1. The lowest BCUT2D eigenvalue weighted by atomic mass is 10.1. The summed E-state index contributed by atoms with van der Waals surface area (Å²) in [7, 11) is 0. The molecule has 0 saturated heterocycles. The lowest BCUT2D eigenvalue weighted by Crippen LogP contribution is -2.12. The molecule has 0 unspecified atom stereocenters. The van der Waals surface area contributed by atoms with Gasteiger partial charge in [-0.05, 0) is 11.4 Å². The molecule has 1 atom stereocenters. The first-order valence-electron chi connectivity index (χ1n) is 3.54. The number of rotatable bonds is 0. The average Bonchev–Trinajstić information content (AvgIpc) is 2.34. The molecule has 3 heteroatoms. The molecule has 0 fully saturated rings. The van der Waals surface area contributed by atoms with Gasteiger partial charge in [0, 0.05) is 17.2 Å². The fourth-order valence-electron chi connectivity index (χ4n) is 1.19. The van der Waals surface area contributed by atoms with E-state index >= 15 is 0 Å². The van der Waals surface area contributed by atoms with Crippen LogP contribution in [0, 0.1) is 0 Å². The third-order valence-corrected chi connectivity index (χ3v) is 4.00. The molecule has 0 spiro atoms. The molecule has 1 nitrogen and oxygen atoms in total. The van der Waals surface area contributed by atoms with Gasteiger partial charge in [-0.2, -0.15) is 0 Å². The highest BCUT2D eigenvalue weighted by Gasteiger charge is 2.23. The number of hydrogen-bond acceptors (Lipinski definition) is 3. The van der Waals surface area contributed by atoms with Gasteiger partial charge < -0.3 is 0 Å². The van der Waals surface area contributed by atoms with Crippen LogP contribution in [0.3, 0.4) is 0 Å². The Balaban J connectivity index is 2.44. The van der Waals surface area contributed by atoms with E-state index < -0.39 is 0 Å². The molecule has 0 aliphatic carbocycles. The molecule has 0 aromatic carbocycles. The minimum absolute atomic E-state index is 0.313. The van der Waals surface area contributed by atoms with Gasteiger partial charge in [0.1, 0.15) is 0 Å². The van der Waals surface area contributed by atoms with Crippen LogP contribution in [0.5, 0.6) is 0 Å². The number of Topliss-reactive ketones (excluding diaryl/α,β-unsaturated/α-hetero) is 1. The largest absolute Gasteiger partial charge is 0.294 e. The summed E-state index contributed by atoms with van der Waals surface area (Å²) in [6.45, 7) is 2.10. The van der Waals surface area contributed by atoms with E-state index in [1.54, 1.807) is 11.3 Å². The maximum atomic E-state index is 11.4. The maximum absolute atomic E-state index is 11.4. The van der Waals surface area contributed by atoms with E-state index in [4.69, 9.17) is 0 Å². The van der Waals surface area contributed by atoms with Crippen molar-refractivity contribution in [3.8, 4) is 0 Å². The second kappa shape index (κ2) is 2.64. The number of thioether (sulfide) groups is 1. The Labute approximate surface area is 73.8 Å². The van der Waals surface area contributed by atoms with Gasteiger partial charge in [0.15, 0.2) is 5.78 Å². The molecule has 0 bridgehead atoms. The molecule has 58 valence electrons. The van der Waals surface area contributed by atoms with Gasteiger partial charge in [-0.3, -0.25) is 4.79 Å². The molecule has 1 aliphatic heterocycles. The van der Waals surface area contributed by atoms with Gasteiger partial charge in [-0.15, -0.1) is 23.1 Å². The lowest BCUT2D eigenvalue weighted by Gasteiger charge is -2.15. The molecule has 1 aliphatic rings. The molecular formula is C8H8OS2. The zero-order chi connectivity index (χ0) is 7.84. The summed E-state index contributed by atoms with van der Waals surface area (Å²) in [6, 6.07) is 1.93. The Kier molecular flexibility index (Phi) is 1.77. The second-order valence-electron chi connectivity index (χ2n) is 2.68. The first-order valence-corrected chi connectivity index (χ1v) is 5.30. The van der Waals surface area contributed by atoms with Crippen LogP contribution in [0.1, 0.15) is 23.7 Å². The summed E-state index contributed by atoms with van der Waals surface area (Å²) in [6.07, 6.45) is 0.703. The normalized spacial score (nSPS) is 23.4. The minimum atomic E-state index is 0.313. The molecular weight excluding hydrogens is 176 g/mol. The first-order chi connectivity index (χ1) is 5.27. The monoisotopic (exact) mass is 184 g/mol. The van der Waals surface area contributed by atoms with E-state index in [1.165, 1.54) is 4.21 Å². The topological polar surface area (TPSA) is 17.1 Å². The third-order valence-electron chi connectivity index (χ3n) is 1.71. The molecule has 2 rings (SSSR count). The maximum Gasteiger partial charge on any atom is 0.165 e. The highest BCUT2D eigenvalue weighted by atomic mass is 32.2. The summed E-state index contributed by atoms with van der Waals surface area (Å²) in [5, 5.41) is 2.46. The van der Waals surface area contributed by atoms with Gasteiger partial charge >= 0.3 is 0 Å². The second-order valence-corrected chi connectivity index (χ2v) is 5.30. The van der Waals surface area contributed by atoms with E-state index in [1.807, 2.05) is 23.2 Å². The number of carbonyl (C=O) groups excluding carboxylic acids is 1. The van der Waals surface area contributed by atoms with Crippen molar-refractivity contribution >= 4 is 28.9 Å². The predicted octanol–water partition coefficient (Wildman–Crippen LogP) is 2.82. The van der Waals surface area contributed by atoms with Gasteiger partial charge in [-0.25, -0.2) is 0 Å². The van der Waals surface area contributed by atoms with Crippen molar-refractivity contribution in [2.75, 3.05) is 0 Å². The van der Waals surface area contributed by atoms with Crippen LogP contribution < -0.4 is 0 Å². The van der Waals surface area contributed by atoms with Crippen molar-refractivity contribution in [3.63, 3.8) is 0 Å². The summed E-state index contributed by atoms with van der Waals surface area (Å²) in [5.74, 6) is 0.313. The Morgan fingerprint density at radius 3 is 3.27 bits per heavy atom.